The molecule has 2 N–H and O–H groups in total. The van der Waals surface area contributed by atoms with Crippen molar-refractivity contribution >= 4 is 5.65 Å². The summed E-state index contributed by atoms with van der Waals surface area (Å²) in [5, 5.41) is 0. The van der Waals surface area contributed by atoms with Crippen LogP contribution in [0.1, 0.15) is 18.5 Å². The lowest BCUT2D eigenvalue weighted by Crippen LogP contribution is -2.31. The Bertz CT molecular complexity index is 468. The van der Waals surface area contributed by atoms with Crippen LogP contribution in [-0.4, -0.2) is 33.4 Å². The molecule has 4 nitrogen and oxygen atoms in total. The summed E-state index contributed by atoms with van der Waals surface area (Å²) in [6.07, 6.45) is 6.78. The standard InChI is InChI=1S/C13H18N4/c14-6-8-16(12-4-5-12)9-11-10-17-7-2-1-3-13(17)15-11/h1-3,7,10,12H,4-6,8-9,14H2. The number of hydrogen-bond acceptors (Lipinski definition) is 3. The molecule has 2 aromatic rings. The monoisotopic (exact) mass is 230 g/mol. The van der Waals surface area contributed by atoms with Crippen LogP contribution in [0.3, 0.4) is 0 Å². The van der Waals surface area contributed by atoms with Crippen molar-refractivity contribution in [3.8, 4) is 0 Å². The molecule has 0 atom stereocenters. The van der Waals surface area contributed by atoms with E-state index in [1.807, 2.05) is 24.4 Å². The zero-order valence-corrected chi connectivity index (χ0v) is 9.92. The van der Waals surface area contributed by atoms with Gasteiger partial charge in [-0.3, -0.25) is 4.90 Å². The second-order valence-electron chi connectivity index (χ2n) is 4.69. The summed E-state index contributed by atoms with van der Waals surface area (Å²) in [4.78, 5) is 7.07. The molecule has 4 heteroatoms. The Morgan fingerprint density at radius 1 is 1.41 bits per heavy atom. The highest BCUT2D eigenvalue weighted by atomic mass is 15.2. The first-order chi connectivity index (χ1) is 8.36. The normalized spacial score (nSPS) is 15.9. The highest BCUT2D eigenvalue weighted by molar-refractivity contribution is 5.39. The summed E-state index contributed by atoms with van der Waals surface area (Å²) < 4.78 is 2.07. The van der Waals surface area contributed by atoms with Crippen LogP contribution >= 0.6 is 0 Å². The average Bonchev–Trinajstić information content (AvgIpc) is 3.09. The van der Waals surface area contributed by atoms with Gasteiger partial charge in [-0.1, -0.05) is 6.07 Å². The molecule has 1 fully saturated rings. The molecule has 2 aromatic heterocycles. The van der Waals surface area contributed by atoms with Gasteiger partial charge in [-0.2, -0.15) is 0 Å². The topological polar surface area (TPSA) is 46.6 Å². The van der Waals surface area contributed by atoms with Crippen LogP contribution in [-0.2, 0) is 6.54 Å². The summed E-state index contributed by atoms with van der Waals surface area (Å²) in [6, 6.07) is 6.82. The van der Waals surface area contributed by atoms with Crippen molar-refractivity contribution in [2.45, 2.75) is 25.4 Å². The largest absolute Gasteiger partial charge is 0.329 e. The fourth-order valence-electron chi connectivity index (χ4n) is 2.27. The van der Waals surface area contributed by atoms with Crippen molar-refractivity contribution in [1.82, 2.24) is 14.3 Å². The number of hydrogen-bond donors (Lipinski definition) is 1. The first-order valence-electron chi connectivity index (χ1n) is 6.23. The second kappa shape index (κ2) is 4.47. The molecule has 0 saturated heterocycles. The van der Waals surface area contributed by atoms with Crippen LogP contribution in [0, 0.1) is 0 Å². The number of pyridine rings is 1. The van der Waals surface area contributed by atoms with Crippen LogP contribution in [0.15, 0.2) is 30.6 Å². The fourth-order valence-corrected chi connectivity index (χ4v) is 2.27. The number of fused-ring (bicyclic) bond motifs is 1. The molecule has 2 heterocycles. The fraction of sp³-hybridized carbons (Fsp3) is 0.462. The molecule has 0 amide bonds. The molecule has 0 spiro atoms. The van der Waals surface area contributed by atoms with E-state index in [1.54, 1.807) is 0 Å². The zero-order valence-electron chi connectivity index (χ0n) is 9.92. The van der Waals surface area contributed by atoms with Crippen LogP contribution in [0.25, 0.3) is 5.65 Å². The Balaban J connectivity index is 1.78. The van der Waals surface area contributed by atoms with Crippen molar-refractivity contribution in [3.05, 3.63) is 36.3 Å². The minimum Gasteiger partial charge on any atom is -0.329 e. The Kier molecular flexibility index (Phi) is 2.82. The smallest absolute Gasteiger partial charge is 0.137 e. The summed E-state index contributed by atoms with van der Waals surface area (Å²) in [6.45, 7) is 2.62. The van der Waals surface area contributed by atoms with Crippen LogP contribution in [0.2, 0.25) is 0 Å². The van der Waals surface area contributed by atoms with Gasteiger partial charge in [0.25, 0.3) is 0 Å². The Labute approximate surface area is 101 Å². The minimum absolute atomic E-state index is 0.726. The molecule has 0 aliphatic heterocycles. The number of nitrogens with zero attached hydrogens (tertiary/aromatic N) is 3. The second-order valence-corrected chi connectivity index (χ2v) is 4.69. The summed E-state index contributed by atoms with van der Waals surface area (Å²) in [7, 11) is 0. The van der Waals surface area contributed by atoms with Gasteiger partial charge in [0, 0.05) is 38.1 Å². The molecule has 0 unspecified atom stereocenters. The number of rotatable bonds is 5. The zero-order chi connectivity index (χ0) is 11.7. The van der Waals surface area contributed by atoms with E-state index in [4.69, 9.17) is 5.73 Å². The van der Waals surface area contributed by atoms with Gasteiger partial charge in [0.15, 0.2) is 0 Å². The lowest BCUT2D eigenvalue weighted by molar-refractivity contribution is 0.259. The Morgan fingerprint density at radius 2 is 2.29 bits per heavy atom. The van der Waals surface area contributed by atoms with Gasteiger partial charge >= 0.3 is 0 Å². The third-order valence-corrected chi connectivity index (χ3v) is 3.26. The molecular formula is C13H18N4. The Hall–Kier alpha value is -1.39. The summed E-state index contributed by atoms with van der Waals surface area (Å²) >= 11 is 0. The van der Waals surface area contributed by atoms with Gasteiger partial charge in [-0.15, -0.1) is 0 Å². The highest BCUT2D eigenvalue weighted by Crippen LogP contribution is 2.27. The number of imidazole rings is 1. The molecule has 1 saturated carbocycles. The van der Waals surface area contributed by atoms with Gasteiger partial charge in [0.2, 0.25) is 0 Å². The van der Waals surface area contributed by atoms with E-state index in [9.17, 15) is 0 Å². The number of aromatic nitrogens is 2. The summed E-state index contributed by atoms with van der Waals surface area (Å²) in [5.41, 5.74) is 7.81. The lowest BCUT2D eigenvalue weighted by atomic mass is 10.4. The van der Waals surface area contributed by atoms with Gasteiger partial charge in [-0.05, 0) is 25.0 Å². The first kappa shape index (κ1) is 10.7. The third-order valence-electron chi connectivity index (χ3n) is 3.26. The van der Waals surface area contributed by atoms with Crippen molar-refractivity contribution in [1.29, 1.82) is 0 Å². The van der Waals surface area contributed by atoms with E-state index in [0.717, 1.165) is 37.0 Å². The number of nitrogens with two attached hydrogens (primary N) is 1. The van der Waals surface area contributed by atoms with E-state index in [1.165, 1.54) is 12.8 Å². The van der Waals surface area contributed by atoms with Crippen molar-refractivity contribution in [2.24, 2.45) is 5.73 Å². The highest BCUT2D eigenvalue weighted by Gasteiger charge is 2.28. The van der Waals surface area contributed by atoms with E-state index in [0.29, 0.717) is 0 Å². The molecule has 90 valence electrons. The predicted molar refractivity (Wildman–Crippen MR) is 67.7 cm³/mol. The van der Waals surface area contributed by atoms with E-state index >= 15 is 0 Å². The van der Waals surface area contributed by atoms with Crippen molar-refractivity contribution < 1.29 is 0 Å². The summed E-state index contributed by atoms with van der Waals surface area (Å²) in [5.74, 6) is 0. The molecule has 0 bridgehead atoms. The van der Waals surface area contributed by atoms with Gasteiger partial charge in [-0.25, -0.2) is 4.98 Å². The first-order valence-corrected chi connectivity index (χ1v) is 6.23. The predicted octanol–water partition coefficient (Wildman–Crippen LogP) is 1.26. The molecule has 3 rings (SSSR count). The molecule has 17 heavy (non-hydrogen) atoms. The van der Waals surface area contributed by atoms with Crippen molar-refractivity contribution in [3.63, 3.8) is 0 Å². The molecule has 1 aliphatic rings. The van der Waals surface area contributed by atoms with Crippen LogP contribution in [0.5, 0.6) is 0 Å². The maximum atomic E-state index is 5.66. The van der Waals surface area contributed by atoms with E-state index < -0.39 is 0 Å². The molecule has 0 radical (unpaired) electrons. The molecule has 1 aliphatic carbocycles. The quantitative estimate of drug-likeness (QED) is 0.841. The van der Waals surface area contributed by atoms with Crippen molar-refractivity contribution in [2.75, 3.05) is 13.1 Å². The SMILES string of the molecule is NCCN(Cc1cn2ccccc2n1)C1CC1. The Morgan fingerprint density at radius 3 is 3.00 bits per heavy atom. The van der Waals surface area contributed by atoms with E-state index in [2.05, 4.69) is 20.5 Å². The van der Waals surface area contributed by atoms with Crippen LogP contribution < -0.4 is 5.73 Å². The molecule has 0 aromatic carbocycles. The minimum atomic E-state index is 0.726. The maximum absolute atomic E-state index is 5.66. The van der Waals surface area contributed by atoms with Gasteiger partial charge in [0.1, 0.15) is 5.65 Å². The van der Waals surface area contributed by atoms with E-state index in [-0.39, 0.29) is 0 Å². The maximum Gasteiger partial charge on any atom is 0.137 e. The van der Waals surface area contributed by atoms with Gasteiger partial charge < -0.3 is 10.1 Å². The third kappa shape index (κ3) is 2.33. The molecular weight excluding hydrogens is 212 g/mol. The average molecular weight is 230 g/mol. The van der Waals surface area contributed by atoms with Crippen LogP contribution in [0.4, 0.5) is 0 Å². The lowest BCUT2D eigenvalue weighted by Gasteiger charge is -2.19. The van der Waals surface area contributed by atoms with Gasteiger partial charge in [0.05, 0.1) is 5.69 Å².